The fourth-order valence-corrected chi connectivity index (χ4v) is 3.51. The Balaban J connectivity index is 1.35. The molecule has 0 atom stereocenters. The normalized spacial score (nSPS) is 12.0. The van der Waals surface area contributed by atoms with Gasteiger partial charge in [0.05, 0.1) is 4.88 Å². The van der Waals surface area contributed by atoms with Crippen molar-refractivity contribution in [1.29, 1.82) is 0 Å². The highest BCUT2D eigenvalue weighted by Crippen LogP contribution is 2.32. The number of aryl methyl sites for hydroxylation is 1. The molecule has 1 aromatic carbocycles. The van der Waals surface area contributed by atoms with Crippen LogP contribution in [0.5, 0.6) is 11.5 Å². The van der Waals surface area contributed by atoms with Crippen LogP contribution < -0.4 is 14.8 Å². The molecule has 7 heteroatoms. The van der Waals surface area contributed by atoms with Crippen LogP contribution in [0.3, 0.4) is 0 Å². The Morgan fingerprint density at radius 3 is 2.56 bits per heavy atom. The lowest BCUT2D eigenvalue weighted by Crippen LogP contribution is -2.23. The van der Waals surface area contributed by atoms with Crippen LogP contribution in [-0.2, 0) is 16.1 Å². The van der Waals surface area contributed by atoms with Crippen molar-refractivity contribution >= 4 is 28.8 Å². The number of hydrogen-bond acceptors (Lipinski definition) is 6. The number of nitrogens with one attached hydrogen (secondary N) is 1. The number of Topliss-reactive ketones (excluding diaryl/α,β-unsaturated/α-hetero) is 2. The van der Waals surface area contributed by atoms with E-state index in [1.165, 1.54) is 11.3 Å². The monoisotopic (exact) mass is 387 g/mol. The Labute approximate surface area is 161 Å². The predicted octanol–water partition coefficient (Wildman–Crippen LogP) is 3.41. The minimum absolute atomic E-state index is 0.0197. The zero-order chi connectivity index (χ0) is 19.2. The molecular formula is C20H21NO5S. The molecular weight excluding hydrogens is 366 g/mol. The van der Waals surface area contributed by atoms with Gasteiger partial charge in [0.25, 0.3) is 0 Å². The van der Waals surface area contributed by atoms with Gasteiger partial charge in [-0.2, -0.15) is 0 Å². The topological polar surface area (TPSA) is 81.7 Å². The Morgan fingerprint density at radius 1 is 1.00 bits per heavy atom. The van der Waals surface area contributed by atoms with E-state index in [1.807, 2.05) is 25.1 Å². The summed E-state index contributed by atoms with van der Waals surface area (Å²) in [6.07, 6.45) is 0.627. The van der Waals surface area contributed by atoms with Crippen LogP contribution in [0.25, 0.3) is 0 Å². The molecule has 0 saturated carbocycles. The maximum Gasteiger partial charge on any atom is 0.231 e. The lowest BCUT2D eigenvalue weighted by Gasteiger charge is -2.06. The number of ketones is 2. The fraction of sp³-hybridized carbons (Fsp3) is 0.350. The quantitative estimate of drug-likeness (QED) is 0.667. The molecule has 27 heavy (non-hydrogen) atoms. The molecule has 2 heterocycles. The summed E-state index contributed by atoms with van der Waals surface area (Å²) >= 11 is 1.44. The molecule has 1 aliphatic heterocycles. The molecule has 0 aliphatic carbocycles. The molecule has 6 nitrogen and oxygen atoms in total. The molecule has 2 aromatic rings. The SMILES string of the molecule is Cc1ccc(C(=O)CCC(=O)CCC(=O)NCc2ccc3c(c2)OCO3)s1. The number of carbonyl (C=O) groups is 3. The minimum atomic E-state index is -0.193. The predicted molar refractivity (Wildman–Crippen MR) is 101 cm³/mol. The second-order valence-electron chi connectivity index (χ2n) is 6.34. The molecule has 0 unspecified atom stereocenters. The maximum atomic E-state index is 12.0. The zero-order valence-corrected chi connectivity index (χ0v) is 15.9. The number of ether oxygens (including phenoxy) is 2. The number of benzene rings is 1. The summed E-state index contributed by atoms with van der Waals surface area (Å²) in [4.78, 5) is 37.6. The van der Waals surface area contributed by atoms with Crippen molar-refractivity contribution in [2.45, 2.75) is 39.2 Å². The minimum Gasteiger partial charge on any atom is -0.454 e. The van der Waals surface area contributed by atoms with Crippen LogP contribution in [-0.4, -0.2) is 24.3 Å². The van der Waals surface area contributed by atoms with Gasteiger partial charge in [-0.3, -0.25) is 14.4 Å². The molecule has 1 amide bonds. The van der Waals surface area contributed by atoms with Gasteiger partial charge in [0.15, 0.2) is 17.3 Å². The van der Waals surface area contributed by atoms with Gasteiger partial charge in [-0.25, -0.2) is 0 Å². The average molecular weight is 387 g/mol. The number of carbonyl (C=O) groups excluding carboxylic acids is 3. The number of fused-ring (bicyclic) bond motifs is 1. The molecule has 0 saturated heterocycles. The summed E-state index contributed by atoms with van der Waals surface area (Å²) in [5, 5.41) is 2.79. The second kappa shape index (κ2) is 8.81. The number of hydrogen-bond donors (Lipinski definition) is 1. The standard InChI is InChI=1S/C20H21NO5S/c1-13-2-8-19(27-13)16(23)6-4-15(22)5-9-20(24)21-11-14-3-7-17-18(10-14)26-12-25-17/h2-3,7-8,10H,4-6,9,11-12H2,1H3,(H,21,24). The molecule has 0 spiro atoms. The Kier molecular flexibility index (Phi) is 6.24. The van der Waals surface area contributed by atoms with E-state index in [0.717, 1.165) is 10.4 Å². The van der Waals surface area contributed by atoms with Crippen LogP contribution in [0.2, 0.25) is 0 Å². The summed E-state index contributed by atoms with van der Waals surface area (Å²) in [7, 11) is 0. The van der Waals surface area contributed by atoms with Gasteiger partial charge in [0.1, 0.15) is 5.78 Å². The van der Waals surface area contributed by atoms with Gasteiger partial charge in [-0.1, -0.05) is 6.07 Å². The van der Waals surface area contributed by atoms with Crippen molar-refractivity contribution in [2.24, 2.45) is 0 Å². The van der Waals surface area contributed by atoms with E-state index in [9.17, 15) is 14.4 Å². The van der Waals surface area contributed by atoms with Crippen LogP contribution in [0.4, 0.5) is 0 Å². The lowest BCUT2D eigenvalue weighted by molar-refractivity contribution is -0.125. The van der Waals surface area contributed by atoms with Gasteiger partial charge >= 0.3 is 0 Å². The van der Waals surface area contributed by atoms with E-state index < -0.39 is 0 Å². The summed E-state index contributed by atoms with van der Waals surface area (Å²) in [5.74, 6) is 1.08. The molecule has 1 N–H and O–H groups in total. The van der Waals surface area contributed by atoms with Crippen molar-refractivity contribution in [3.63, 3.8) is 0 Å². The summed E-state index contributed by atoms with van der Waals surface area (Å²) in [6.45, 7) is 2.51. The average Bonchev–Trinajstić information content (AvgIpc) is 3.30. The first kappa shape index (κ1) is 19.1. The van der Waals surface area contributed by atoms with Crippen LogP contribution in [0.15, 0.2) is 30.3 Å². The molecule has 1 aromatic heterocycles. The summed E-state index contributed by atoms with van der Waals surface area (Å²) in [5.41, 5.74) is 0.899. The first-order chi connectivity index (χ1) is 13.0. The summed E-state index contributed by atoms with van der Waals surface area (Å²) in [6, 6.07) is 9.17. The highest BCUT2D eigenvalue weighted by Gasteiger charge is 2.14. The smallest absolute Gasteiger partial charge is 0.231 e. The van der Waals surface area contributed by atoms with E-state index in [2.05, 4.69) is 5.32 Å². The Hall–Kier alpha value is -2.67. The number of amides is 1. The van der Waals surface area contributed by atoms with E-state index in [0.29, 0.717) is 22.9 Å². The highest BCUT2D eigenvalue weighted by molar-refractivity contribution is 7.14. The van der Waals surface area contributed by atoms with E-state index in [-0.39, 0.29) is 49.9 Å². The second-order valence-corrected chi connectivity index (χ2v) is 7.62. The molecule has 3 rings (SSSR count). The van der Waals surface area contributed by atoms with Gasteiger partial charge in [0.2, 0.25) is 12.7 Å². The van der Waals surface area contributed by atoms with Crippen LogP contribution >= 0.6 is 11.3 Å². The van der Waals surface area contributed by atoms with Crippen molar-refractivity contribution in [1.82, 2.24) is 5.32 Å². The largest absolute Gasteiger partial charge is 0.454 e. The Bertz CT molecular complexity index is 858. The molecule has 1 aliphatic rings. The van der Waals surface area contributed by atoms with E-state index in [1.54, 1.807) is 12.1 Å². The first-order valence-electron chi connectivity index (χ1n) is 8.78. The van der Waals surface area contributed by atoms with Crippen LogP contribution in [0.1, 0.15) is 45.8 Å². The fourth-order valence-electron chi connectivity index (χ4n) is 2.68. The van der Waals surface area contributed by atoms with Crippen molar-refractivity contribution in [2.75, 3.05) is 6.79 Å². The van der Waals surface area contributed by atoms with Gasteiger partial charge in [-0.15, -0.1) is 11.3 Å². The molecule has 0 radical (unpaired) electrons. The van der Waals surface area contributed by atoms with E-state index >= 15 is 0 Å². The Morgan fingerprint density at radius 2 is 1.78 bits per heavy atom. The van der Waals surface area contributed by atoms with Gasteiger partial charge < -0.3 is 14.8 Å². The number of rotatable bonds is 9. The molecule has 142 valence electrons. The molecule has 0 fully saturated rings. The maximum absolute atomic E-state index is 12.0. The molecule has 0 bridgehead atoms. The third-order valence-corrected chi connectivity index (χ3v) is 5.25. The highest BCUT2D eigenvalue weighted by atomic mass is 32.1. The van der Waals surface area contributed by atoms with Crippen LogP contribution in [0, 0.1) is 6.92 Å². The third kappa shape index (κ3) is 5.40. The van der Waals surface area contributed by atoms with Crippen molar-refractivity contribution in [3.05, 3.63) is 45.6 Å². The van der Waals surface area contributed by atoms with Crippen molar-refractivity contribution < 1.29 is 23.9 Å². The zero-order valence-electron chi connectivity index (χ0n) is 15.1. The summed E-state index contributed by atoms with van der Waals surface area (Å²) < 4.78 is 10.5. The number of thiophene rings is 1. The van der Waals surface area contributed by atoms with Gasteiger partial charge in [-0.05, 0) is 36.8 Å². The lowest BCUT2D eigenvalue weighted by atomic mass is 10.1. The van der Waals surface area contributed by atoms with Crippen molar-refractivity contribution in [3.8, 4) is 11.5 Å². The van der Waals surface area contributed by atoms with Gasteiger partial charge in [0, 0.05) is 37.1 Å². The first-order valence-corrected chi connectivity index (χ1v) is 9.59. The van der Waals surface area contributed by atoms with E-state index in [4.69, 9.17) is 9.47 Å². The third-order valence-electron chi connectivity index (χ3n) is 4.20.